The molecule has 0 amide bonds. The number of nitrogens with two attached hydrogens (primary N) is 2. The molecule has 0 radical (unpaired) electrons. The van der Waals surface area contributed by atoms with E-state index in [4.69, 9.17) is 11.5 Å². The van der Waals surface area contributed by atoms with Crippen molar-refractivity contribution in [3.8, 4) is 0 Å². The Morgan fingerprint density at radius 3 is 0.941 bits per heavy atom. The van der Waals surface area contributed by atoms with Crippen LogP contribution in [0.1, 0.15) is 13.3 Å². The van der Waals surface area contributed by atoms with E-state index >= 15 is 0 Å². The summed E-state index contributed by atoms with van der Waals surface area (Å²) < 4.78 is 0. The molecule has 0 bridgehead atoms. The van der Waals surface area contributed by atoms with E-state index in [1.165, 1.54) is 6.42 Å². The van der Waals surface area contributed by atoms with Crippen LogP contribution in [0.2, 0.25) is 0 Å². The van der Waals surface area contributed by atoms with Crippen LogP contribution in [-0.4, -0.2) is 142 Å². The number of rotatable bonds is 30. The zero-order valence-corrected chi connectivity index (χ0v) is 22.2. The second kappa shape index (κ2) is 30.6. The van der Waals surface area contributed by atoms with Crippen molar-refractivity contribution in [1.82, 2.24) is 47.4 Å². The molecule has 0 spiro atoms. The molecule has 12 N–H and O–H groups in total. The van der Waals surface area contributed by atoms with E-state index < -0.39 is 0 Å². The van der Waals surface area contributed by atoms with Crippen molar-refractivity contribution in [3.63, 3.8) is 0 Å². The Labute approximate surface area is 210 Å². The van der Waals surface area contributed by atoms with Gasteiger partial charge in [0.25, 0.3) is 0 Å². The van der Waals surface area contributed by atoms with Crippen LogP contribution in [0.5, 0.6) is 0 Å². The summed E-state index contributed by atoms with van der Waals surface area (Å²) in [5.41, 5.74) is 11.0. The standard InChI is InChI=1S/C23H59N11/c1-2-5-26-8-15-31-18-21-34(22-19-32-16-10-28-7-4-25)23-20-33-17-14-30-13-12-29-11-9-27-6-3-24/h26-33H,2-25H2,1H3. The van der Waals surface area contributed by atoms with Gasteiger partial charge < -0.3 is 54.0 Å². The molecule has 0 aliphatic heterocycles. The summed E-state index contributed by atoms with van der Waals surface area (Å²) >= 11 is 0. The van der Waals surface area contributed by atoms with Crippen LogP contribution in [0.15, 0.2) is 0 Å². The SMILES string of the molecule is CCCNCCNCCN(CCNCCNCCN)CCNCCNCCNCCNCCN. The maximum atomic E-state index is 5.51. The summed E-state index contributed by atoms with van der Waals surface area (Å²) in [7, 11) is 0. The van der Waals surface area contributed by atoms with Gasteiger partial charge in [-0.2, -0.15) is 0 Å². The third kappa shape index (κ3) is 27.8. The van der Waals surface area contributed by atoms with Gasteiger partial charge in [0.15, 0.2) is 0 Å². The molecule has 206 valence electrons. The van der Waals surface area contributed by atoms with Crippen molar-refractivity contribution in [2.45, 2.75) is 13.3 Å². The van der Waals surface area contributed by atoms with Crippen molar-refractivity contribution in [1.29, 1.82) is 0 Å². The minimum Gasteiger partial charge on any atom is -0.329 e. The van der Waals surface area contributed by atoms with Gasteiger partial charge in [0.05, 0.1) is 0 Å². The van der Waals surface area contributed by atoms with Gasteiger partial charge in [-0.05, 0) is 13.0 Å². The molecule has 0 aliphatic rings. The van der Waals surface area contributed by atoms with Crippen LogP contribution in [0.4, 0.5) is 0 Å². The topological polar surface area (TPSA) is 152 Å². The summed E-state index contributed by atoms with van der Waals surface area (Å²) in [6, 6.07) is 0. The lowest BCUT2D eigenvalue weighted by Crippen LogP contribution is -2.43. The van der Waals surface area contributed by atoms with Gasteiger partial charge in [0, 0.05) is 131 Å². The normalized spacial score (nSPS) is 11.6. The first-order chi connectivity index (χ1) is 16.8. The Morgan fingerprint density at radius 1 is 0.382 bits per heavy atom. The van der Waals surface area contributed by atoms with Crippen LogP contribution in [0.3, 0.4) is 0 Å². The molecule has 0 saturated carbocycles. The maximum absolute atomic E-state index is 5.51. The van der Waals surface area contributed by atoms with Crippen molar-refractivity contribution >= 4 is 0 Å². The van der Waals surface area contributed by atoms with Crippen LogP contribution in [0.25, 0.3) is 0 Å². The number of hydrogen-bond acceptors (Lipinski definition) is 11. The Bertz CT molecular complexity index is 346. The Hall–Kier alpha value is -0.440. The third-order valence-electron chi connectivity index (χ3n) is 5.28. The van der Waals surface area contributed by atoms with Crippen molar-refractivity contribution in [2.24, 2.45) is 11.5 Å². The molecule has 0 heterocycles. The Kier molecular flexibility index (Phi) is 30.2. The number of nitrogens with one attached hydrogen (secondary N) is 8. The van der Waals surface area contributed by atoms with Gasteiger partial charge in [-0.15, -0.1) is 0 Å². The Balaban J connectivity index is 3.75. The highest BCUT2D eigenvalue weighted by Crippen LogP contribution is 1.86. The first-order valence-electron chi connectivity index (χ1n) is 13.6. The molecule has 11 heteroatoms. The van der Waals surface area contributed by atoms with Crippen LogP contribution >= 0.6 is 0 Å². The highest BCUT2D eigenvalue weighted by molar-refractivity contribution is 4.65. The second-order valence-corrected chi connectivity index (χ2v) is 8.42. The fourth-order valence-electron chi connectivity index (χ4n) is 3.31. The van der Waals surface area contributed by atoms with E-state index in [2.05, 4.69) is 54.4 Å². The summed E-state index contributed by atoms with van der Waals surface area (Å²) in [5.74, 6) is 0. The van der Waals surface area contributed by atoms with Gasteiger partial charge in [0.1, 0.15) is 0 Å². The predicted octanol–water partition coefficient (Wildman–Crippen LogP) is -3.67. The molecular weight excluding hydrogens is 430 g/mol. The zero-order chi connectivity index (χ0) is 24.8. The first kappa shape index (κ1) is 33.6. The van der Waals surface area contributed by atoms with Crippen LogP contribution in [0, 0.1) is 0 Å². The van der Waals surface area contributed by atoms with Gasteiger partial charge in [-0.1, -0.05) is 6.92 Å². The van der Waals surface area contributed by atoms with Crippen LogP contribution < -0.4 is 54.0 Å². The smallest absolute Gasteiger partial charge is 0.0108 e. The predicted molar refractivity (Wildman–Crippen MR) is 148 cm³/mol. The lowest BCUT2D eigenvalue weighted by molar-refractivity contribution is 0.272. The molecule has 11 nitrogen and oxygen atoms in total. The van der Waals surface area contributed by atoms with Gasteiger partial charge in [-0.25, -0.2) is 0 Å². The lowest BCUT2D eigenvalue weighted by atomic mass is 10.4. The summed E-state index contributed by atoms with van der Waals surface area (Å²) in [5, 5.41) is 27.6. The molecule has 0 aromatic rings. The molecule has 0 aliphatic carbocycles. The molecular formula is C23H59N11. The molecule has 0 saturated heterocycles. The number of hydrogen-bond donors (Lipinski definition) is 10. The van der Waals surface area contributed by atoms with E-state index in [-0.39, 0.29) is 0 Å². The largest absolute Gasteiger partial charge is 0.329 e. The first-order valence-corrected chi connectivity index (χ1v) is 13.6. The minimum atomic E-state index is 0.696. The fourth-order valence-corrected chi connectivity index (χ4v) is 3.31. The highest BCUT2D eigenvalue weighted by atomic mass is 15.2. The quantitative estimate of drug-likeness (QED) is 0.0455. The van der Waals surface area contributed by atoms with Crippen molar-refractivity contribution in [2.75, 3.05) is 137 Å². The molecule has 0 unspecified atom stereocenters. The summed E-state index contributed by atoms with van der Waals surface area (Å²) in [4.78, 5) is 2.54. The van der Waals surface area contributed by atoms with Crippen molar-refractivity contribution < 1.29 is 0 Å². The monoisotopic (exact) mass is 489 g/mol. The van der Waals surface area contributed by atoms with E-state index in [9.17, 15) is 0 Å². The molecule has 0 aromatic carbocycles. The third-order valence-corrected chi connectivity index (χ3v) is 5.28. The fraction of sp³-hybridized carbons (Fsp3) is 1.00. The maximum Gasteiger partial charge on any atom is 0.0108 e. The van der Waals surface area contributed by atoms with Crippen molar-refractivity contribution in [3.05, 3.63) is 0 Å². The summed E-state index contributed by atoms with van der Waals surface area (Å²) in [6.45, 7) is 22.7. The molecule has 34 heavy (non-hydrogen) atoms. The minimum absolute atomic E-state index is 0.696. The van der Waals surface area contributed by atoms with E-state index in [1.54, 1.807) is 0 Å². The Morgan fingerprint density at radius 2 is 0.647 bits per heavy atom. The van der Waals surface area contributed by atoms with Gasteiger partial charge in [-0.3, -0.25) is 4.90 Å². The summed E-state index contributed by atoms with van der Waals surface area (Å²) in [6.07, 6.45) is 1.19. The second-order valence-electron chi connectivity index (χ2n) is 8.42. The average Bonchev–Trinajstić information content (AvgIpc) is 2.85. The molecule has 0 aromatic heterocycles. The van der Waals surface area contributed by atoms with Gasteiger partial charge in [0.2, 0.25) is 0 Å². The van der Waals surface area contributed by atoms with Gasteiger partial charge >= 0.3 is 0 Å². The molecule has 0 atom stereocenters. The number of nitrogens with zero attached hydrogens (tertiary/aromatic N) is 1. The van der Waals surface area contributed by atoms with Crippen LogP contribution in [-0.2, 0) is 0 Å². The van der Waals surface area contributed by atoms with E-state index in [0.717, 1.165) is 124 Å². The zero-order valence-electron chi connectivity index (χ0n) is 22.2. The molecule has 0 fully saturated rings. The average molecular weight is 490 g/mol. The highest BCUT2D eigenvalue weighted by Gasteiger charge is 2.04. The van der Waals surface area contributed by atoms with E-state index in [0.29, 0.717) is 13.1 Å². The molecule has 0 rings (SSSR count). The van der Waals surface area contributed by atoms with E-state index in [1.807, 2.05) is 0 Å². The lowest BCUT2D eigenvalue weighted by Gasteiger charge is -2.23.